The van der Waals surface area contributed by atoms with Crippen molar-refractivity contribution >= 4 is 34.7 Å². The second-order valence-corrected chi connectivity index (χ2v) is 8.95. The zero-order valence-electron chi connectivity index (χ0n) is 17.6. The first-order chi connectivity index (χ1) is 15.6. The lowest BCUT2D eigenvalue weighted by Crippen LogP contribution is -2.00. The maximum Gasteiger partial charge on any atom is 0.192 e. The van der Waals surface area contributed by atoms with Crippen LogP contribution in [0.2, 0.25) is 5.02 Å². The molecule has 2 aromatic carbocycles. The molecule has 0 amide bonds. The van der Waals surface area contributed by atoms with E-state index in [9.17, 15) is 0 Å². The first-order valence-corrected chi connectivity index (χ1v) is 12.0. The highest BCUT2D eigenvalue weighted by molar-refractivity contribution is 7.98. The number of thiazole rings is 1. The Labute approximate surface area is 199 Å². The summed E-state index contributed by atoms with van der Waals surface area (Å²) in [5.41, 5.74) is 2.93. The van der Waals surface area contributed by atoms with E-state index in [0.29, 0.717) is 28.8 Å². The molecule has 0 aliphatic heterocycles. The van der Waals surface area contributed by atoms with Crippen molar-refractivity contribution in [2.45, 2.75) is 17.5 Å². The maximum atomic E-state index is 6.02. The Bertz CT molecular complexity index is 1220. The molecule has 0 fully saturated rings. The predicted octanol–water partition coefficient (Wildman–Crippen LogP) is 6.22. The fourth-order valence-electron chi connectivity index (χ4n) is 3.12. The summed E-state index contributed by atoms with van der Waals surface area (Å²) in [5, 5.41) is 13.3. The van der Waals surface area contributed by atoms with Gasteiger partial charge in [0.25, 0.3) is 0 Å². The Kier molecular flexibility index (Phi) is 7.14. The molecule has 4 aromatic rings. The molecule has 164 valence electrons. The van der Waals surface area contributed by atoms with E-state index < -0.39 is 0 Å². The maximum absolute atomic E-state index is 6.02. The highest BCUT2D eigenvalue weighted by atomic mass is 35.5. The average molecular weight is 485 g/mol. The highest BCUT2D eigenvalue weighted by Crippen LogP contribution is 2.34. The van der Waals surface area contributed by atoms with Gasteiger partial charge in [-0.25, -0.2) is 4.98 Å². The summed E-state index contributed by atoms with van der Waals surface area (Å²) >= 11 is 9.21. The molecule has 0 aliphatic carbocycles. The monoisotopic (exact) mass is 484 g/mol. The molecule has 0 atom stereocenters. The van der Waals surface area contributed by atoms with E-state index in [4.69, 9.17) is 26.1 Å². The van der Waals surface area contributed by atoms with Crippen molar-refractivity contribution in [2.24, 2.45) is 0 Å². The summed E-state index contributed by atoms with van der Waals surface area (Å²) in [6.45, 7) is 4.48. The van der Waals surface area contributed by atoms with Crippen LogP contribution < -0.4 is 9.47 Å². The summed E-state index contributed by atoms with van der Waals surface area (Å²) in [6, 6.07) is 13.4. The van der Waals surface area contributed by atoms with Crippen molar-refractivity contribution in [3.8, 4) is 33.5 Å². The second kappa shape index (κ2) is 10.2. The number of methoxy groups -OCH3 is 2. The smallest absolute Gasteiger partial charge is 0.192 e. The summed E-state index contributed by atoms with van der Waals surface area (Å²) in [4.78, 5) is 4.79. The normalized spacial score (nSPS) is 10.8. The molecule has 0 N–H and O–H groups in total. The van der Waals surface area contributed by atoms with Gasteiger partial charge in [0.1, 0.15) is 5.01 Å². The van der Waals surface area contributed by atoms with E-state index in [1.54, 1.807) is 37.3 Å². The molecule has 32 heavy (non-hydrogen) atoms. The Balaban J connectivity index is 1.52. The number of hydrogen-bond donors (Lipinski definition) is 0. The number of aromatic nitrogens is 4. The lowest BCUT2D eigenvalue weighted by molar-refractivity contribution is 0.355. The second-order valence-electron chi connectivity index (χ2n) is 6.71. The molecule has 2 aromatic heterocycles. The molecule has 0 unspecified atom stereocenters. The molecule has 9 heteroatoms. The fourth-order valence-corrected chi connectivity index (χ4v) is 5.00. The molecule has 0 radical (unpaired) electrons. The van der Waals surface area contributed by atoms with Gasteiger partial charge >= 0.3 is 0 Å². The molecular formula is C23H21ClN4O2S2. The standard InChI is InChI=1S/C23H21ClN4O2S2/c1-4-11-28-21(15-5-8-17(24)9-6-15)26-27-23(28)32-14-18-13-31-22(25-18)16-7-10-19(29-2)20(12-16)30-3/h4-10,12-13H,1,11,14H2,2-3H3. The summed E-state index contributed by atoms with van der Waals surface area (Å²) in [5.74, 6) is 2.85. The molecule has 6 nitrogen and oxygen atoms in total. The third-order valence-electron chi connectivity index (χ3n) is 4.66. The molecule has 0 saturated heterocycles. The molecule has 2 heterocycles. The number of hydrogen-bond acceptors (Lipinski definition) is 7. The van der Waals surface area contributed by atoms with E-state index in [1.807, 2.05) is 53.1 Å². The number of benzene rings is 2. The molecule has 0 spiro atoms. The first-order valence-electron chi connectivity index (χ1n) is 9.72. The van der Waals surface area contributed by atoms with E-state index in [2.05, 4.69) is 22.2 Å². The predicted molar refractivity (Wildman–Crippen MR) is 131 cm³/mol. The highest BCUT2D eigenvalue weighted by Gasteiger charge is 2.15. The summed E-state index contributed by atoms with van der Waals surface area (Å²) < 4.78 is 12.8. The number of thioether (sulfide) groups is 1. The third kappa shape index (κ3) is 4.82. The minimum Gasteiger partial charge on any atom is -0.493 e. The topological polar surface area (TPSA) is 62.1 Å². The van der Waals surface area contributed by atoms with Crippen LogP contribution in [0.25, 0.3) is 22.0 Å². The Morgan fingerprint density at radius 2 is 1.81 bits per heavy atom. The van der Waals surface area contributed by atoms with Gasteiger partial charge in [0.2, 0.25) is 0 Å². The third-order valence-corrected chi connectivity index (χ3v) is 6.85. The number of rotatable bonds is 9. The largest absolute Gasteiger partial charge is 0.493 e. The summed E-state index contributed by atoms with van der Waals surface area (Å²) in [7, 11) is 3.25. The van der Waals surface area contributed by atoms with Crippen LogP contribution in [-0.2, 0) is 12.3 Å². The van der Waals surface area contributed by atoms with Crippen molar-refractivity contribution in [3.05, 3.63) is 71.2 Å². The van der Waals surface area contributed by atoms with E-state index in [0.717, 1.165) is 32.8 Å². The average Bonchev–Trinajstić information content (AvgIpc) is 3.45. The van der Waals surface area contributed by atoms with Gasteiger partial charge < -0.3 is 9.47 Å². The quantitative estimate of drug-likeness (QED) is 0.207. The Morgan fingerprint density at radius 3 is 2.53 bits per heavy atom. The van der Waals surface area contributed by atoms with E-state index in [-0.39, 0.29) is 0 Å². The molecule has 0 bridgehead atoms. The van der Waals surface area contributed by atoms with Crippen LogP contribution in [0.1, 0.15) is 5.69 Å². The van der Waals surface area contributed by atoms with Crippen LogP contribution in [0.5, 0.6) is 11.5 Å². The van der Waals surface area contributed by atoms with Gasteiger partial charge in [-0.2, -0.15) is 0 Å². The number of nitrogens with zero attached hydrogens (tertiary/aromatic N) is 4. The molecule has 4 rings (SSSR count). The first kappa shape index (κ1) is 22.4. The van der Waals surface area contributed by atoms with Crippen LogP contribution in [0.4, 0.5) is 0 Å². The van der Waals surface area contributed by atoms with E-state index >= 15 is 0 Å². The minimum atomic E-state index is 0.612. The van der Waals surface area contributed by atoms with Gasteiger partial charge in [-0.15, -0.1) is 28.1 Å². The molecule has 0 saturated carbocycles. The summed E-state index contributed by atoms with van der Waals surface area (Å²) in [6.07, 6.45) is 1.84. The number of allylic oxidation sites excluding steroid dienone is 1. The zero-order chi connectivity index (χ0) is 22.5. The van der Waals surface area contributed by atoms with Gasteiger partial charge in [-0.1, -0.05) is 29.4 Å². The molecular weight excluding hydrogens is 464 g/mol. The van der Waals surface area contributed by atoms with Crippen LogP contribution >= 0.6 is 34.7 Å². The lowest BCUT2D eigenvalue weighted by atomic mass is 10.2. The SMILES string of the molecule is C=CCn1c(SCc2csc(-c3ccc(OC)c(OC)c3)n2)nnc1-c1ccc(Cl)cc1. The van der Waals surface area contributed by atoms with Crippen LogP contribution in [-0.4, -0.2) is 34.0 Å². The number of ether oxygens (including phenoxy) is 2. The van der Waals surface area contributed by atoms with Crippen LogP contribution in [0, 0.1) is 0 Å². The van der Waals surface area contributed by atoms with Crippen LogP contribution in [0.15, 0.2) is 65.7 Å². The molecule has 0 aliphatic rings. The number of halogens is 1. The Hall–Kier alpha value is -2.81. The van der Waals surface area contributed by atoms with Gasteiger partial charge in [0.15, 0.2) is 22.5 Å². The van der Waals surface area contributed by atoms with Crippen molar-refractivity contribution in [1.29, 1.82) is 0 Å². The van der Waals surface area contributed by atoms with Crippen molar-refractivity contribution < 1.29 is 9.47 Å². The van der Waals surface area contributed by atoms with Crippen molar-refractivity contribution in [2.75, 3.05) is 14.2 Å². The van der Waals surface area contributed by atoms with Gasteiger partial charge in [-0.3, -0.25) is 4.57 Å². The van der Waals surface area contributed by atoms with E-state index in [1.165, 1.54) is 0 Å². The minimum absolute atomic E-state index is 0.612. The zero-order valence-corrected chi connectivity index (χ0v) is 20.0. The van der Waals surface area contributed by atoms with Crippen molar-refractivity contribution in [1.82, 2.24) is 19.7 Å². The fraction of sp³-hybridized carbons (Fsp3) is 0.174. The Morgan fingerprint density at radius 1 is 1.06 bits per heavy atom. The van der Waals surface area contributed by atoms with Gasteiger partial charge in [0, 0.05) is 33.8 Å². The van der Waals surface area contributed by atoms with Crippen molar-refractivity contribution in [3.63, 3.8) is 0 Å². The van der Waals surface area contributed by atoms with Gasteiger partial charge in [-0.05, 0) is 42.5 Å². The lowest BCUT2D eigenvalue weighted by Gasteiger charge is -2.08. The van der Waals surface area contributed by atoms with Crippen LogP contribution in [0.3, 0.4) is 0 Å². The van der Waals surface area contributed by atoms with Gasteiger partial charge in [0.05, 0.1) is 19.9 Å².